The highest BCUT2D eigenvalue weighted by Crippen LogP contribution is 2.34. The van der Waals surface area contributed by atoms with Crippen molar-refractivity contribution in [2.45, 2.75) is 26.7 Å². The van der Waals surface area contributed by atoms with E-state index < -0.39 is 0 Å². The molecule has 0 radical (unpaired) electrons. The fraction of sp³-hybridized carbons (Fsp3) is 0.389. The molecule has 0 spiro atoms. The third-order valence-electron chi connectivity index (χ3n) is 4.33. The van der Waals surface area contributed by atoms with Gasteiger partial charge in [-0.25, -0.2) is 9.97 Å². The number of nitrogens with zero attached hydrogens (tertiary/aromatic N) is 4. The first-order chi connectivity index (χ1) is 12.7. The second-order valence-electron chi connectivity index (χ2n) is 6.03. The highest BCUT2D eigenvalue weighted by Gasteiger charge is 2.20. The molecule has 0 aromatic carbocycles. The number of hydrogen-bond acceptors (Lipinski definition) is 7. The van der Waals surface area contributed by atoms with E-state index in [1.165, 1.54) is 10.4 Å². The fourth-order valence-electron chi connectivity index (χ4n) is 3.10. The molecule has 0 saturated carbocycles. The van der Waals surface area contributed by atoms with E-state index in [-0.39, 0.29) is 0 Å². The van der Waals surface area contributed by atoms with Gasteiger partial charge in [-0.2, -0.15) is 4.52 Å². The molecule has 0 saturated heterocycles. The molecule has 136 valence electrons. The number of methoxy groups -OCH3 is 1. The van der Waals surface area contributed by atoms with E-state index in [9.17, 15) is 0 Å². The molecule has 0 amide bonds. The van der Waals surface area contributed by atoms with E-state index >= 15 is 0 Å². The van der Waals surface area contributed by atoms with Crippen LogP contribution < -0.4 is 5.32 Å². The van der Waals surface area contributed by atoms with Crippen molar-refractivity contribution in [1.82, 2.24) is 19.6 Å². The van der Waals surface area contributed by atoms with Gasteiger partial charge in [-0.15, -0.1) is 16.4 Å². The number of aryl methyl sites for hydroxylation is 2. The van der Waals surface area contributed by atoms with Crippen molar-refractivity contribution in [3.63, 3.8) is 0 Å². The average molecular weight is 371 g/mol. The van der Waals surface area contributed by atoms with E-state index in [4.69, 9.17) is 19.1 Å². The monoisotopic (exact) mass is 371 g/mol. The maximum absolute atomic E-state index is 5.48. The van der Waals surface area contributed by atoms with Crippen LogP contribution in [-0.4, -0.2) is 39.8 Å². The molecule has 1 N–H and O–H groups in total. The van der Waals surface area contributed by atoms with Gasteiger partial charge in [0.15, 0.2) is 11.4 Å². The predicted octanol–water partition coefficient (Wildman–Crippen LogP) is 3.92. The zero-order valence-corrected chi connectivity index (χ0v) is 15.9. The molecule has 4 aromatic heterocycles. The Hall–Kier alpha value is -2.45. The van der Waals surface area contributed by atoms with Gasteiger partial charge in [-0.05, 0) is 37.5 Å². The third kappa shape index (κ3) is 2.85. The molecular formula is C18H21N5O2S. The van der Waals surface area contributed by atoms with Gasteiger partial charge in [0.25, 0.3) is 0 Å². The SMILES string of the molecule is CCc1c(C)sc2nc(NCCCOC)n3nc(-c4ccco4)nc3c12. The van der Waals surface area contributed by atoms with Gasteiger partial charge in [0, 0.05) is 25.1 Å². The van der Waals surface area contributed by atoms with Crippen molar-refractivity contribution in [2.24, 2.45) is 0 Å². The standard InChI is InChI=1S/C18H21N5O2S/c1-4-12-11(2)26-17-14(12)16-20-15(13-7-5-10-25-13)22-23(16)18(21-17)19-8-6-9-24-3/h5,7,10H,4,6,8-9H2,1-3H3,(H,19,21). The smallest absolute Gasteiger partial charge is 0.227 e. The van der Waals surface area contributed by atoms with Gasteiger partial charge in [0.05, 0.1) is 11.6 Å². The number of anilines is 1. The molecule has 26 heavy (non-hydrogen) atoms. The largest absolute Gasteiger partial charge is 0.461 e. The molecule has 0 aliphatic carbocycles. The number of rotatable bonds is 7. The van der Waals surface area contributed by atoms with Crippen LogP contribution >= 0.6 is 11.3 Å². The average Bonchev–Trinajstić information content (AvgIpc) is 3.35. The summed E-state index contributed by atoms with van der Waals surface area (Å²) in [6, 6.07) is 3.70. The van der Waals surface area contributed by atoms with E-state index in [1.54, 1.807) is 29.2 Å². The minimum absolute atomic E-state index is 0.565. The summed E-state index contributed by atoms with van der Waals surface area (Å²) in [5.41, 5.74) is 2.10. The minimum Gasteiger partial charge on any atom is -0.461 e. The number of ether oxygens (including phenoxy) is 1. The van der Waals surface area contributed by atoms with Gasteiger partial charge in [0.1, 0.15) is 4.83 Å². The Bertz CT molecular complexity index is 1040. The molecule has 0 atom stereocenters. The summed E-state index contributed by atoms with van der Waals surface area (Å²) >= 11 is 1.70. The summed E-state index contributed by atoms with van der Waals surface area (Å²) in [5.74, 6) is 1.91. The molecule has 8 heteroatoms. The van der Waals surface area contributed by atoms with Gasteiger partial charge in [0.2, 0.25) is 11.8 Å². The lowest BCUT2D eigenvalue weighted by molar-refractivity contribution is 0.197. The van der Waals surface area contributed by atoms with Crippen molar-refractivity contribution in [3.8, 4) is 11.6 Å². The number of hydrogen-bond donors (Lipinski definition) is 1. The van der Waals surface area contributed by atoms with Crippen molar-refractivity contribution >= 4 is 33.1 Å². The maximum atomic E-state index is 5.48. The number of fused-ring (bicyclic) bond motifs is 3. The van der Waals surface area contributed by atoms with Gasteiger partial charge in [-0.1, -0.05) is 6.92 Å². The second kappa shape index (κ2) is 7.05. The van der Waals surface area contributed by atoms with Crippen LogP contribution in [0.4, 0.5) is 5.95 Å². The van der Waals surface area contributed by atoms with Crippen LogP contribution in [0, 0.1) is 6.92 Å². The van der Waals surface area contributed by atoms with Crippen molar-refractivity contribution < 1.29 is 9.15 Å². The van der Waals surface area contributed by atoms with Gasteiger partial charge in [-0.3, -0.25) is 0 Å². The Balaban J connectivity index is 1.89. The first-order valence-corrected chi connectivity index (χ1v) is 9.50. The predicted molar refractivity (Wildman–Crippen MR) is 103 cm³/mol. The summed E-state index contributed by atoms with van der Waals surface area (Å²) in [6.45, 7) is 5.75. The van der Waals surface area contributed by atoms with Crippen molar-refractivity contribution in [2.75, 3.05) is 25.6 Å². The van der Waals surface area contributed by atoms with Crippen molar-refractivity contribution in [1.29, 1.82) is 0 Å². The van der Waals surface area contributed by atoms with E-state index in [2.05, 4.69) is 24.3 Å². The van der Waals surface area contributed by atoms with Crippen molar-refractivity contribution in [3.05, 3.63) is 28.8 Å². The molecule has 4 heterocycles. The molecule has 0 unspecified atom stereocenters. The maximum Gasteiger partial charge on any atom is 0.227 e. The summed E-state index contributed by atoms with van der Waals surface area (Å²) in [4.78, 5) is 11.9. The quantitative estimate of drug-likeness (QED) is 0.496. The van der Waals surface area contributed by atoms with Gasteiger partial charge >= 0.3 is 0 Å². The Labute approximate surface area is 155 Å². The summed E-state index contributed by atoms with van der Waals surface area (Å²) in [6.07, 6.45) is 3.46. The van der Waals surface area contributed by atoms with Crippen LogP contribution in [0.5, 0.6) is 0 Å². The molecular weight excluding hydrogens is 350 g/mol. The summed E-state index contributed by atoms with van der Waals surface area (Å²) < 4.78 is 12.4. The number of nitrogens with one attached hydrogen (secondary N) is 1. The lowest BCUT2D eigenvalue weighted by Gasteiger charge is -2.07. The highest BCUT2D eigenvalue weighted by molar-refractivity contribution is 7.18. The molecule has 4 rings (SSSR count). The van der Waals surface area contributed by atoms with Crippen LogP contribution in [0.2, 0.25) is 0 Å². The summed E-state index contributed by atoms with van der Waals surface area (Å²) in [7, 11) is 1.70. The minimum atomic E-state index is 0.565. The molecule has 0 bridgehead atoms. The topological polar surface area (TPSA) is 77.5 Å². The number of thiophene rings is 1. The first-order valence-electron chi connectivity index (χ1n) is 8.68. The summed E-state index contributed by atoms with van der Waals surface area (Å²) in [5, 5.41) is 9.10. The Morgan fingerprint density at radius 2 is 2.23 bits per heavy atom. The molecule has 0 aliphatic heterocycles. The van der Waals surface area contributed by atoms with Crippen LogP contribution in [0.3, 0.4) is 0 Å². The zero-order chi connectivity index (χ0) is 18.1. The Morgan fingerprint density at radius 1 is 1.35 bits per heavy atom. The van der Waals surface area contributed by atoms with E-state index in [0.717, 1.165) is 35.3 Å². The fourth-order valence-corrected chi connectivity index (χ4v) is 4.21. The van der Waals surface area contributed by atoms with Crippen LogP contribution in [0.25, 0.3) is 27.4 Å². The highest BCUT2D eigenvalue weighted by atomic mass is 32.1. The first kappa shape index (κ1) is 17.0. The Kier molecular flexibility index (Phi) is 4.60. The van der Waals surface area contributed by atoms with Crippen LogP contribution in [0.1, 0.15) is 23.8 Å². The Morgan fingerprint density at radius 3 is 2.96 bits per heavy atom. The van der Waals surface area contributed by atoms with Crippen LogP contribution in [0.15, 0.2) is 22.8 Å². The lowest BCUT2D eigenvalue weighted by atomic mass is 10.1. The molecule has 4 aromatic rings. The number of aromatic nitrogens is 4. The molecule has 7 nitrogen and oxygen atoms in total. The molecule has 0 aliphatic rings. The second-order valence-corrected chi connectivity index (χ2v) is 7.23. The van der Waals surface area contributed by atoms with E-state index in [0.29, 0.717) is 24.1 Å². The lowest BCUT2D eigenvalue weighted by Crippen LogP contribution is -2.10. The number of furan rings is 1. The van der Waals surface area contributed by atoms with Crippen LogP contribution in [-0.2, 0) is 11.2 Å². The van der Waals surface area contributed by atoms with E-state index in [1.807, 2.05) is 12.1 Å². The van der Waals surface area contributed by atoms with Gasteiger partial charge < -0.3 is 14.5 Å². The normalized spacial score (nSPS) is 11.7. The third-order valence-corrected chi connectivity index (χ3v) is 5.37. The molecule has 0 fully saturated rings. The zero-order valence-electron chi connectivity index (χ0n) is 15.1.